The lowest BCUT2D eigenvalue weighted by molar-refractivity contribution is -0.382. The molecule has 4 nitrogen and oxygen atoms in total. The smallest absolute Gasteiger partial charge is 0.460 e. The second-order valence-electron chi connectivity index (χ2n) is 13.2. The van der Waals surface area contributed by atoms with Gasteiger partial charge < -0.3 is 5.11 Å². The zero-order valence-electron chi connectivity index (χ0n) is 26.7. The first-order valence-electron chi connectivity index (χ1n) is 14.0. The van der Waals surface area contributed by atoms with Crippen LogP contribution in [0.3, 0.4) is 0 Å². The minimum atomic E-state index is -7.50. The molecule has 1 N–H and O–H groups in total. The topological polar surface area (TPSA) is 63.6 Å². The molecule has 0 aliphatic heterocycles. The molecule has 0 saturated carbocycles. The van der Waals surface area contributed by atoms with Gasteiger partial charge in [-0.05, 0) is 93.6 Å². The van der Waals surface area contributed by atoms with Gasteiger partial charge in [0.25, 0.3) is 0 Å². The van der Waals surface area contributed by atoms with Gasteiger partial charge in [-0.15, -0.1) is 0 Å². The number of rotatable bonds is 8. The summed E-state index contributed by atoms with van der Waals surface area (Å²) in [7, 11) is -11.6. The van der Waals surface area contributed by atoms with Gasteiger partial charge >= 0.3 is 33.4 Å². The quantitative estimate of drug-likeness (QED) is 0.236. The molecular weight excluding hydrogens is 683 g/mol. The van der Waals surface area contributed by atoms with E-state index in [1.165, 1.54) is 62.4 Å². The molecule has 3 aromatic rings. The van der Waals surface area contributed by atoms with Crippen LogP contribution in [0.2, 0.25) is 0 Å². The van der Waals surface area contributed by atoms with E-state index in [9.17, 15) is 44.3 Å². The van der Waals surface area contributed by atoms with Crippen molar-refractivity contribution in [2.24, 2.45) is 0 Å². The average molecular weight is 719 g/mol. The molecule has 0 bridgehead atoms. The molecule has 3 rings (SSSR count). The van der Waals surface area contributed by atoms with Crippen molar-refractivity contribution < 1.29 is 56.7 Å². The molecule has 0 amide bonds. The van der Waals surface area contributed by atoms with Crippen LogP contribution in [-0.2, 0) is 24.6 Å². The molecule has 0 atom stereocenters. The Morgan fingerprint density at radius 1 is 0.574 bits per heavy atom. The molecule has 0 spiro atoms. The van der Waals surface area contributed by atoms with Crippen LogP contribution in [-0.4, -0.2) is 36.8 Å². The van der Waals surface area contributed by atoms with Gasteiger partial charge in [-0.1, -0.05) is 65.8 Å². The van der Waals surface area contributed by atoms with Crippen LogP contribution in [0.15, 0.2) is 75.4 Å². The highest BCUT2D eigenvalue weighted by Crippen LogP contribution is 2.72. The van der Waals surface area contributed by atoms with Crippen molar-refractivity contribution >= 4 is 20.4 Å². The predicted molar refractivity (Wildman–Crippen MR) is 161 cm³/mol. The van der Waals surface area contributed by atoms with E-state index in [1.54, 1.807) is 0 Å². The number of benzene rings is 3. The van der Waals surface area contributed by atoms with Gasteiger partial charge in [0.1, 0.15) is 5.75 Å². The molecule has 0 unspecified atom stereocenters. The van der Waals surface area contributed by atoms with Crippen molar-refractivity contribution in [2.45, 2.75) is 104 Å². The van der Waals surface area contributed by atoms with Crippen LogP contribution in [0.4, 0.5) is 39.5 Å². The van der Waals surface area contributed by atoms with E-state index in [4.69, 9.17) is 3.63 Å². The Hall–Kier alpha value is -2.91. The van der Waals surface area contributed by atoms with Gasteiger partial charge in [-0.25, -0.2) is 3.63 Å². The molecule has 0 heterocycles. The van der Waals surface area contributed by atoms with Crippen molar-refractivity contribution in [3.8, 4) is 5.75 Å². The fourth-order valence-electron chi connectivity index (χ4n) is 4.60. The van der Waals surface area contributed by atoms with Gasteiger partial charge in [-0.2, -0.15) is 47.9 Å². The van der Waals surface area contributed by atoms with Crippen molar-refractivity contribution in [1.29, 1.82) is 0 Å². The number of halogens is 9. The van der Waals surface area contributed by atoms with E-state index in [0.29, 0.717) is 11.1 Å². The number of aryl methyl sites for hydroxylation is 2. The van der Waals surface area contributed by atoms with Crippen LogP contribution >= 0.6 is 10.3 Å². The predicted octanol–water partition coefficient (Wildman–Crippen LogP) is 10.6. The number of alkyl halides is 9. The minimum absolute atomic E-state index is 0.0659. The minimum Gasteiger partial charge on any atom is -0.507 e. The second kappa shape index (κ2) is 11.9. The third kappa shape index (κ3) is 6.59. The van der Waals surface area contributed by atoms with Crippen molar-refractivity contribution in [3.05, 3.63) is 82.9 Å². The summed E-state index contributed by atoms with van der Waals surface area (Å²) in [5.41, 5.74) is 0.441. The number of hydrogen-bond donors (Lipinski definition) is 1. The van der Waals surface area contributed by atoms with Crippen LogP contribution in [0.5, 0.6) is 5.75 Å². The monoisotopic (exact) mass is 718 g/mol. The third-order valence-electron chi connectivity index (χ3n) is 7.52. The maximum atomic E-state index is 15.3. The van der Waals surface area contributed by atoms with Crippen molar-refractivity contribution in [1.82, 2.24) is 0 Å². The Morgan fingerprint density at radius 3 is 1.21 bits per heavy atom. The lowest BCUT2D eigenvalue weighted by Crippen LogP contribution is -2.63. The standard InChI is InChI=1S/C32H35F9O4S2/c1-19-17-25(18-20(2)26(19)42)46(23-13-9-21(10-14-23)27(3,4)5,24-15-11-22(12-16-24)28(6,7)8)45-47(43,44)32(40,41)30(35,36)29(33,34)31(37,38)39/h9-18,42H,1-8H3. The summed E-state index contributed by atoms with van der Waals surface area (Å²) in [5, 5.41) is 3.36. The van der Waals surface area contributed by atoms with E-state index in [0.717, 1.165) is 12.1 Å². The van der Waals surface area contributed by atoms with Crippen LogP contribution in [0, 0.1) is 13.8 Å². The summed E-state index contributed by atoms with van der Waals surface area (Å²) >= 11 is 0. The highest BCUT2D eigenvalue weighted by Gasteiger charge is 2.86. The Kier molecular flexibility index (Phi) is 9.76. The van der Waals surface area contributed by atoms with Crippen LogP contribution in [0.1, 0.15) is 63.8 Å². The molecule has 262 valence electrons. The number of aromatic hydroxyl groups is 1. The summed E-state index contributed by atoms with van der Waals surface area (Å²) in [6.45, 7) is 13.7. The Morgan fingerprint density at radius 2 is 0.915 bits per heavy atom. The zero-order chi connectivity index (χ0) is 36.4. The molecule has 0 saturated heterocycles. The molecule has 0 fully saturated rings. The highest BCUT2D eigenvalue weighted by molar-refractivity contribution is 8.33. The first-order valence-corrected chi connectivity index (χ1v) is 16.9. The van der Waals surface area contributed by atoms with Gasteiger partial charge in [0.05, 0.1) is 0 Å². The molecular formula is C32H35F9O4S2. The van der Waals surface area contributed by atoms with E-state index < -0.39 is 54.5 Å². The van der Waals surface area contributed by atoms with E-state index in [-0.39, 0.29) is 31.6 Å². The number of hydrogen-bond acceptors (Lipinski definition) is 4. The van der Waals surface area contributed by atoms with Gasteiger partial charge in [-0.3, -0.25) is 0 Å². The zero-order valence-corrected chi connectivity index (χ0v) is 28.3. The molecule has 0 aliphatic carbocycles. The van der Waals surface area contributed by atoms with Crippen LogP contribution in [0.25, 0.3) is 0 Å². The second-order valence-corrected chi connectivity index (χ2v) is 17.7. The lowest BCUT2D eigenvalue weighted by Gasteiger charge is -2.42. The van der Waals surface area contributed by atoms with Gasteiger partial charge in [0.15, 0.2) is 0 Å². The molecule has 47 heavy (non-hydrogen) atoms. The fourth-order valence-corrected chi connectivity index (χ4v) is 9.94. The lowest BCUT2D eigenvalue weighted by atomic mass is 9.87. The number of phenolic OH excluding ortho intramolecular Hbond substituents is 1. The van der Waals surface area contributed by atoms with E-state index in [1.807, 2.05) is 41.5 Å². The van der Waals surface area contributed by atoms with E-state index >= 15 is 8.78 Å². The average Bonchev–Trinajstić information content (AvgIpc) is 2.92. The molecule has 15 heteroatoms. The third-order valence-corrected chi connectivity index (χ3v) is 12.7. The first kappa shape index (κ1) is 38.5. The van der Waals surface area contributed by atoms with E-state index in [2.05, 4.69) is 0 Å². The Labute approximate surface area is 269 Å². The first-order chi connectivity index (χ1) is 20.9. The summed E-state index contributed by atoms with van der Waals surface area (Å²) in [5.74, 6) is -15.3. The number of phenols is 1. The van der Waals surface area contributed by atoms with Crippen LogP contribution < -0.4 is 0 Å². The Balaban J connectivity index is 2.53. The van der Waals surface area contributed by atoms with Crippen molar-refractivity contribution in [3.63, 3.8) is 0 Å². The molecule has 3 aromatic carbocycles. The summed E-state index contributed by atoms with van der Waals surface area (Å²) in [4.78, 5) is -0.671. The van der Waals surface area contributed by atoms with Crippen molar-refractivity contribution in [2.75, 3.05) is 0 Å². The fraction of sp³-hybridized carbons (Fsp3) is 0.438. The van der Waals surface area contributed by atoms with Gasteiger partial charge in [0.2, 0.25) is 0 Å². The maximum absolute atomic E-state index is 15.3. The molecule has 0 aromatic heterocycles. The summed E-state index contributed by atoms with van der Waals surface area (Å²) in [6.07, 6.45) is -7.25. The molecule has 0 aliphatic rings. The normalized spacial score (nSPS) is 14.7. The largest absolute Gasteiger partial charge is 0.507 e. The maximum Gasteiger partial charge on any atom is 0.460 e. The summed E-state index contributed by atoms with van der Waals surface area (Å²) < 4.78 is 158. The van der Waals surface area contributed by atoms with Gasteiger partial charge in [0, 0.05) is 14.7 Å². The highest BCUT2D eigenvalue weighted by atomic mass is 32.3. The summed E-state index contributed by atoms with van der Waals surface area (Å²) in [6, 6.07) is 13.3. The Bertz CT molecular complexity index is 1640. The molecule has 0 radical (unpaired) electrons. The SMILES string of the molecule is Cc1cc(S(OS(=O)(=O)C(F)(F)C(F)(F)C(F)(F)C(F)(F)F)(c2ccc(C(C)(C)C)cc2)c2ccc(C(C)(C)C)cc2)cc(C)c1O.